The van der Waals surface area contributed by atoms with Crippen molar-refractivity contribution >= 4 is 5.91 Å². The number of nitriles is 1. The van der Waals surface area contributed by atoms with Gasteiger partial charge >= 0.3 is 0 Å². The predicted octanol–water partition coefficient (Wildman–Crippen LogP) is 2.34. The Bertz CT molecular complexity index is 493. The molecule has 4 heteroatoms. The van der Waals surface area contributed by atoms with E-state index < -0.39 is 0 Å². The van der Waals surface area contributed by atoms with Crippen molar-refractivity contribution < 1.29 is 9.53 Å². The number of para-hydroxylation sites is 1. The first-order valence-corrected chi connectivity index (χ1v) is 6.64. The van der Waals surface area contributed by atoms with E-state index in [1.54, 1.807) is 24.3 Å². The van der Waals surface area contributed by atoms with Gasteiger partial charge in [-0.1, -0.05) is 12.1 Å². The van der Waals surface area contributed by atoms with Crippen molar-refractivity contribution in [1.82, 2.24) is 4.90 Å². The van der Waals surface area contributed by atoms with E-state index in [1.165, 1.54) is 6.42 Å². The van der Waals surface area contributed by atoms with Crippen LogP contribution in [0.2, 0.25) is 0 Å². The highest BCUT2D eigenvalue weighted by atomic mass is 16.5. The van der Waals surface area contributed by atoms with Gasteiger partial charge in [0.15, 0.2) is 6.61 Å². The van der Waals surface area contributed by atoms with E-state index in [2.05, 4.69) is 13.0 Å². The minimum Gasteiger partial charge on any atom is -0.482 e. The van der Waals surface area contributed by atoms with Gasteiger partial charge in [0.2, 0.25) is 0 Å². The van der Waals surface area contributed by atoms with Gasteiger partial charge in [-0.25, -0.2) is 0 Å². The number of likely N-dealkylation sites (tertiary alicyclic amines) is 1. The topological polar surface area (TPSA) is 53.3 Å². The smallest absolute Gasteiger partial charge is 0.260 e. The van der Waals surface area contributed by atoms with Crippen LogP contribution >= 0.6 is 0 Å². The number of amides is 1. The number of piperidine rings is 1. The average Bonchev–Trinajstić information content (AvgIpc) is 2.45. The van der Waals surface area contributed by atoms with Crippen molar-refractivity contribution in [2.45, 2.75) is 32.2 Å². The van der Waals surface area contributed by atoms with E-state index in [0.29, 0.717) is 11.3 Å². The zero-order valence-electron chi connectivity index (χ0n) is 11.1. The Morgan fingerprint density at radius 2 is 2.26 bits per heavy atom. The number of benzene rings is 1. The van der Waals surface area contributed by atoms with Crippen LogP contribution in [-0.2, 0) is 4.79 Å². The van der Waals surface area contributed by atoms with E-state index in [0.717, 1.165) is 19.4 Å². The van der Waals surface area contributed by atoms with Gasteiger partial charge in [-0.2, -0.15) is 5.26 Å². The molecular weight excluding hydrogens is 240 g/mol. The summed E-state index contributed by atoms with van der Waals surface area (Å²) in [4.78, 5) is 14.0. The van der Waals surface area contributed by atoms with Crippen LogP contribution in [0.3, 0.4) is 0 Å². The van der Waals surface area contributed by atoms with Crippen LogP contribution in [0.1, 0.15) is 31.7 Å². The number of hydrogen-bond acceptors (Lipinski definition) is 3. The maximum atomic E-state index is 12.1. The summed E-state index contributed by atoms with van der Waals surface area (Å²) in [5.74, 6) is 0.475. The molecule has 100 valence electrons. The molecule has 4 nitrogen and oxygen atoms in total. The summed E-state index contributed by atoms with van der Waals surface area (Å²) in [5.41, 5.74) is 0.460. The molecule has 1 amide bonds. The summed E-state index contributed by atoms with van der Waals surface area (Å²) in [6.07, 6.45) is 3.30. The summed E-state index contributed by atoms with van der Waals surface area (Å²) in [6.45, 7) is 2.88. The van der Waals surface area contributed by atoms with Crippen LogP contribution in [-0.4, -0.2) is 30.0 Å². The van der Waals surface area contributed by atoms with Crippen molar-refractivity contribution in [1.29, 1.82) is 5.26 Å². The highest BCUT2D eigenvalue weighted by Crippen LogP contribution is 2.19. The lowest BCUT2D eigenvalue weighted by Crippen LogP contribution is -2.44. The fraction of sp³-hybridized carbons (Fsp3) is 0.467. The van der Waals surface area contributed by atoms with E-state index in [4.69, 9.17) is 10.00 Å². The number of nitrogens with zero attached hydrogens (tertiary/aromatic N) is 2. The minimum absolute atomic E-state index is 0.0000529. The fourth-order valence-electron chi connectivity index (χ4n) is 2.38. The first kappa shape index (κ1) is 13.4. The highest BCUT2D eigenvalue weighted by Gasteiger charge is 2.23. The Balaban J connectivity index is 1.95. The van der Waals surface area contributed by atoms with Crippen LogP contribution in [0.4, 0.5) is 0 Å². The van der Waals surface area contributed by atoms with Gasteiger partial charge in [-0.15, -0.1) is 0 Å². The van der Waals surface area contributed by atoms with Gasteiger partial charge in [0.1, 0.15) is 11.8 Å². The molecule has 1 aliphatic heterocycles. The van der Waals surface area contributed by atoms with Gasteiger partial charge in [0.05, 0.1) is 5.56 Å². The van der Waals surface area contributed by atoms with Crippen molar-refractivity contribution in [3.05, 3.63) is 29.8 Å². The van der Waals surface area contributed by atoms with Crippen LogP contribution in [0.15, 0.2) is 24.3 Å². The van der Waals surface area contributed by atoms with Crippen molar-refractivity contribution in [2.24, 2.45) is 0 Å². The van der Waals surface area contributed by atoms with Crippen LogP contribution in [0.5, 0.6) is 5.75 Å². The monoisotopic (exact) mass is 258 g/mol. The lowest BCUT2D eigenvalue weighted by atomic mass is 10.0. The molecule has 1 atom stereocenters. The fourth-order valence-corrected chi connectivity index (χ4v) is 2.38. The zero-order valence-corrected chi connectivity index (χ0v) is 11.1. The summed E-state index contributed by atoms with van der Waals surface area (Å²) in [5, 5.41) is 8.95. The predicted molar refractivity (Wildman–Crippen MR) is 71.7 cm³/mol. The van der Waals surface area contributed by atoms with E-state index in [1.807, 2.05) is 4.90 Å². The van der Waals surface area contributed by atoms with Crippen LogP contribution < -0.4 is 4.74 Å². The van der Waals surface area contributed by atoms with Crippen molar-refractivity contribution in [3.63, 3.8) is 0 Å². The second-order valence-corrected chi connectivity index (χ2v) is 4.83. The lowest BCUT2D eigenvalue weighted by molar-refractivity contribution is -0.136. The molecule has 0 N–H and O–H groups in total. The van der Waals surface area contributed by atoms with Gasteiger partial charge in [0.25, 0.3) is 5.91 Å². The van der Waals surface area contributed by atoms with Gasteiger partial charge in [0, 0.05) is 12.6 Å². The molecule has 1 heterocycles. The Morgan fingerprint density at radius 1 is 1.47 bits per heavy atom. The molecule has 1 aromatic carbocycles. The molecule has 0 radical (unpaired) electrons. The number of carbonyl (C=O) groups excluding carboxylic acids is 1. The molecule has 1 aliphatic rings. The lowest BCUT2D eigenvalue weighted by Gasteiger charge is -2.33. The molecule has 0 aliphatic carbocycles. The van der Waals surface area contributed by atoms with E-state index in [-0.39, 0.29) is 18.6 Å². The van der Waals surface area contributed by atoms with Gasteiger partial charge in [-0.05, 0) is 38.3 Å². The maximum Gasteiger partial charge on any atom is 0.260 e. The number of rotatable bonds is 3. The third kappa shape index (κ3) is 3.25. The summed E-state index contributed by atoms with van der Waals surface area (Å²) < 4.78 is 5.48. The Kier molecular flexibility index (Phi) is 4.40. The second-order valence-electron chi connectivity index (χ2n) is 4.83. The third-order valence-electron chi connectivity index (χ3n) is 3.48. The first-order chi connectivity index (χ1) is 9.22. The zero-order chi connectivity index (χ0) is 13.7. The molecule has 0 aromatic heterocycles. The molecule has 1 fully saturated rings. The molecule has 0 bridgehead atoms. The third-order valence-corrected chi connectivity index (χ3v) is 3.48. The highest BCUT2D eigenvalue weighted by molar-refractivity contribution is 5.78. The molecular formula is C15H18N2O2. The molecule has 1 saturated heterocycles. The normalized spacial score (nSPS) is 18.7. The maximum absolute atomic E-state index is 12.1. The quantitative estimate of drug-likeness (QED) is 0.836. The second kappa shape index (κ2) is 6.24. The minimum atomic E-state index is -0.0000529. The Labute approximate surface area is 113 Å². The van der Waals surface area contributed by atoms with Gasteiger partial charge in [-0.3, -0.25) is 4.79 Å². The van der Waals surface area contributed by atoms with Crippen molar-refractivity contribution in [2.75, 3.05) is 13.2 Å². The molecule has 0 saturated carbocycles. The molecule has 1 aromatic rings. The van der Waals surface area contributed by atoms with E-state index >= 15 is 0 Å². The number of carbonyl (C=O) groups is 1. The Morgan fingerprint density at radius 3 is 3.00 bits per heavy atom. The Hall–Kier alpha value is -2.02. The van der Waals surface area contributed by atoms with Crippen LogP contribution in [0, 0.1) is 11.3 Å². The SMILES string of the molecule is C[C@H]1CCCCN1C(=O)COc1ccccc1C#N. The standard InChI is InChI=1S/C15H18N2O2/c1-12-6-4-5-9-17(12)15(18)11-19-14-8-3-2-7-13(14)10-16/h2-3,7-8,12H,4-6,9,11H2,1H3/t12-/m0/s1. The molecule has 2 rings (SSSR count). The average molecular weight is 258 g/mol. The molecule has 19 heavy (non-hydrogen) atoms. The van der Waals surface area contributed by atoms with Crippen LogP contribution in [0.25, 0.3) is 0 Å². The number of hydrogen-bond donors (Lipinski definition) is 0. The number of ether oxygens (including phenoxy) is 1. The summed E-state index contributed by atoms with van der Waals surface area (Å²) >= 11 is 0. The molecule has 0 spiro atoms. The van der Waals surface area contributed by atoms with Crippen molar-refractivity contribution in [3.8, 4) is 11.8 Å². The summed E-state index contributed by atoms with van der Waals surface area (Å²) in [6, 6.07) is 9.32. The summed E-state index contributed by atoms with van der Waals surface area (Å²) in [7, 11) is 0. The van der Waals surface area contributed by atoms with E-state index in [9.17, 15) is 4.79 Å². The largest absolute Gasteiger partial charge is 0.482 e. The first-order valence-electron chi connectivity index (χ1n) is 6.64. The van der Waals surface area contributed by atoms with Gasteiger partial charge < -0.3 is 9.64 Å². The molecule has 0 unspecified atom stereocenters.